The van der Waals surface area contributed by atoms with Gasteiger partial charge in [0.15, 0.2) is 17.3 Å². The molecule has 192 valence electrons. The van der Waals surface area contributed by atoms with Crippen LogP contribution in [0.5, 0.6) is 5.75 Å². The number of thioether (sulfide) groups is 1. The van der Waals surface area contributed by atoms with Crippen molar-refractivity contribution in [3.05, 3.63) is 80.1 Å². The average Bonchev–Trinajstić information content (AvgIpc) is 3.31. The van der Waals surface area contributed by atoms with Gasteiger partial charge in [0.1, 0.15) is 12.2 Å². The van der Waals surface area contributed by atoms with Crippen LogP contribution in [0.2, 0.25) is 0 Å². The van der Waals surface area contributed by atoms with E-state index in [-0.39, 0.29) is 36.8 Å². The highest BCUT2D eigenvalue weighted by atomic mass is 32.2. The number of hydrogen-bond acceptors (Lipinski definition) is 9. The summed E-state index contributed by atoms with van der Waals surface area (Å²) >= 11 is 2.88. The quantitative estimate of drug-likeness (QED) is 0.451. The molecule has 3 aromatic rings. The fraction of sp³-hybridized carbons (Fsp3) is 0.292. The monoisotopic (exact) mass is 547 g/mol. The first-order chi connectivity index (χ1) is 17.9. The second-order valence-corrected chi connectivity index (χ2v) is 10.6. The number of amides is 1. The zero-order valence-corrected chi connectivity index (χ0v) is 20.9. The number of benzene rings is 1. The SMILES string of the molecule is COC(=O)Oc1c2n(ccc1=O)N(C1c3ccsc3SCc3c1ccc(F)c3F)[C@@H]1COCCN1C2=O. The van der Waals surface area contributed by atoms with Gasteiger partial charge in [-0.05, 0) is 23.1 Å². The van der Waals surface area contributed by atoms with Crippen LogP contribution in [0.3, 0.4) is 0 Å². The maximum absolute atomic E-state index is 15.1. The minimum absolute atomic E-state index is 0.132. The number of fused-ring (bicyclic) bond motifs is 4. The molecule has 0 saturated carbocycles. The van der Waals surface area contributed by atoms with Crippen molar-refractivity contribution in [3.8, 4) is 5.75 Å². The normalized spacial score (nSPS) is 20.4. The molecule has 1 amide bonds. The zero-order chi connectivity index (χ0) is 25.8. The minimum atomic E-state index is -1.15. The fourth-order valence-corrected chi connectivity index (χ4v) is 7.15. The van der Waals surface area contributed by atoms with Crippen molar-refractivity contribution in [2.45, 2.75) is 22.2 Å². The Labute approximate surface area is 217 Å². The van der Waals surface area contributed by atoms with Crippen LogP contribution < -0.4 is 15.2 Å². The van der Waals surface area contributed by atoms with Crippen LogP contribution in [-0.4, -0.2) is 54.7 Å². The second-order valence-electron chi connectivity index (χ2n) is 8.48. The minimum Gasteiger partial charge on any atom is -0.437 e. The Hall–Kier alpha value is -3.42. The molecule has 6 rings (SSSR count). The molecule has 13 heteroatoms. The topological polar surface area (TPSA) is 90.3 Å². The first-order valence-electron chi connectivity index (χ1n) is 11.3. The number of thiophene rings is 1. The second kappa shape index (κ2) is 9.15. The Morgan fingerprint density at radius 3 is 2.81 bits per heavy atom. The van der Waals surface area contributed by atoms with E-state index in [1.807, 2.05) is 11.4 Å². The molecule has 2 aromatic heterocycles. The van der Waals surface area contributed by atoms with E-state index in [1.54, 1.807) is 11.1 Å². The van der Waals surface area contributed by atoms with Crippen LogP contribution in [0.1, 0.15) is 33.2 Å². The number of pyridine rings is 1. The maximum Gasteiger partial charge on any atom is 0.513 e. The lowest BCUT2D eigenvalue weighted by atomic mass is 9.94. The van der Waals surface area contributed by atoms with E-state index < -0.39 is 47.1 Å². The van der Waals surface area contributed by atoms with E-state index in [0.29, 0.717) is 5.56 Å². The van der Waals surface area contributed by atoms with Gasteiger partial charge in [0, 0.05) is 35.7 Å². The van der Waals surface area contributed by atoms with Gasteiger partial charge in [0.25, 0.3) is 5.91 Å². The summed E-state index contributed by atoms with van der Waals surface area (Å²) < 4.78 is 47.2. The lowest BCUT2D eigenvalue weighted by molar-refractivity contribution is -0.0198. The summed E-state index contributed by atoms with van der Waals surface area (Å²) in [4.78, 5) is 39.9. The van der Waals surface area contributed by atoms with Crippen LogP contribution in [0.25, 0.3) is 0 Å². The van der Waals surface area contributed by atoms with Crippen LogP contribution in [-0.2, 0) is 15.2 Å². The largest absolute Gasteiger partial charge is 0.513 e. The summed E-state index contributed by atoms with van der Waals surface area (Å²) in [6.45, 7) is 0.608. The summed E-state index contributed by atoms with van der Waals surface area (Å²) in [7, 11) is 1.09. The van der Waals surface area contributed by atoms with E-state index in [2.05, 4.69) is 4.74 Å². The number of methoxy groups -OCH3 is 1. The Morgan fingerprint density at radius 2 is 2.00 bits per heavy atom. The molecular weight excluding hydrogens is 528 g/mol. The molecule has 1 fully saturated rings. The number of carbonyl (C=O) groups is 2. The van der Waals surface area contributed by atoms with Crippen LogP contribution in [0.4, 0.5) is 13.6 Å². The van der Waals surface area contributed by atoms with Crippen molar-refractivity contribution in [1.82, 2.24) is 9.58 Å². The van der Waals surface area contributed by atoms with Gasteiger partial charge in [0.2, 0.25) is 11.2 Å². The lowest BCUT2D eigenvalue weighted by Gasteiger charge is -2.51. The Kier molecular flexibility index (Phi) is 5.92. The molecule has 0 bridgehead atoms. The van der Waals surface area contributed by atoms with E-state index in [4.69, 9.17) is 9.47 Å². The highest BCUT2D eigenvalue weighted by molar-refractivity contribution is 8.00. The molecular formula is C24H19F2N3O6S2. The van der Waals surface area contributed by atoms with Crippen molar-refractivity contribution in [1.29, 1.82) is 0 Å². The molecule has 3 aliphatic rings. The number of halogens is 2. The highest BCUT2D eigenvalue weighted by Crippen LogP contribution is 2.47. The molecule has 37 heavy (non-hydrogen) atoms. The molecule has 1 saturated heterocycles. The summed E-state index contributed by atoms with van der Waals surface area (Å²) in [5.74, 6) is -2.66. The summed E-state index contributed by atoms with van der Waals surface area (Å²) in [6, 6.07) is 5.03. The zero-order valence-electron chi connectivity index (χ0n) is 19.3. The molecule has 1 aromatic carbocycles. The van der Waals surface area contributed by atoms with E-state index in [0.717, 1.165) is 22.9 Å². The number of ether oxygens (including phenoxy) is 3. The molecule has 0 spiro atoms. The van der Waals surface area contributed by atoms with Gasteiger partial charge >= 0.3 is 6.16 Å². The van der Waals surface area contributed by atoms with Crippen molar-refractivity contribution in [2.24, 2.45) is 0 Å². The average molecular weight is 548 g/mol. The van der Waals surface area contributed by atoms with Crippen molar-refractivity contribution in [2.75, 3.05) is 31.9 Å². The van der Waals surface area contributed by atoms with E-state index in [1.165, 1.54) is 44.9 Å². The van der Waals surface area contributed by atoms with Gasteiger partial charge in [-0.3, -0.25) is 19.3 Å². The number of rotatable bonds is 2. The smallest absolute Gasteiger partial charge is 0.437 e. The first-order valence-corrected chi connectivity index (χ1v) is 13.1. The number of morpholine rings is 1. The standard InChI is InChI=1S/C24H19F2N3O6S2/c1-33-24(32)35-21-16(30)4-6-28-20(21)22(31)27-7-8-34-10-17(27)29(28)19-12-2-3-15(25)18(26)14(12)11-37-23-13(19)5-9-36-23/h2-6,9,17,19H,7-8,10-11H2,1H3/t17-,19?/m1/s1. The lowest BCUT2D eigenvalue weighted by Crippen LogP contribution is -2.66. The number of aromatic nitrogens is 1. The number of nitrogens with zero attached hydrogens (tertiary/aromatic N) is 3. The number of carbonyl (C=O) groups excluding carboxylic acids is 2. The van der Waals surface area contributed by atoms with Gasteiger partial charge < -0.3 is 19.1 Å². The van der Waals surface area contributed by atoms with E-state index in [9.17, 15) is 18.8 Å². The Morgan fingerprint density at radius 1 is 1.16 bits per heavy atom. The molecule has 5 heterocycles. The predicted octanol–water partition coefficient (Wildman–Crippen LogP) is 3.48. The van der Waals surface area contributed by atoms with E-state index >= 15 is 4.39 Å². The first kappa shape index (κ1) is 23.9. The molecule has 0 N–H and O–H groups in total. The van der Waals surface area contributed by atoms with Gasteiger partial charge in [-0.2, -0.15) is 0 Å². The highest BCUT2D eigenvalue weighted by Gasteiger charge is 2.46. The molecule has 0 radical (unpaired) electrons. The van der Waals surface area contributed by atoms with Gasteiger partial charge in [0.05, 0.1) is 24.5 Å². The van der Waals surface area contributed by atoms with Gasteiger partial charge in [-0.25, -0.2) is 13.6 Å². The molecule has 0 aliphatic carbocycles. The summed E-state index contributed by atoms with van der Waals surface area (Å²) in [5, 5.41) is 3.71. The third-order valence-electron chi connectivity index (χ3n) is 6.60. The molecule has 9 nitrogen and oxygen atoms in total. The van der Waals surface area contributed by atoms with Crippen molar-refractivity contribution >= 4 is 35.2 Å². The number of hydrogen-bond donors (Lipinski definition) is 0. The van der Waals surface area contributed by atoms with Gasteiger partial charge in [-0.1, -0.05) is 6.07 Å². The van der Waals surface area contributed by atoms with Crippen LogP contribution in [0.15, 0.2) is 44.8 Å². The molecule has 2 atom stereocenters. The van der Waals surface area contributed by atoms with Crippen molar-refractivity contribution < 1.29 is 32.6 Å². The summed E-state index contributed by atoms with van der Waals surface area (Å²) in [5.41, 5.74) is 0.710. The predicted molar refractivity (Wildman–Crippen MR) is 130 cm³/mol. The third kappa shape index (κ3) is 3.71. The van der Waals surface area contributed by atoms with Crippen LogP contribution in [0, 0.1) is 11.6 Å². The van der Waals surface area contributed by atoms with Crippen LogP contribution >= 0.6 is 23.1 Å². The molecule has 1 unspecified atom stereocenters. The van der Waals surface area contributed by atoms with Crippen molar-refractivity contribution in [3.63, 3.8) is 0 Å². The Bertz CT molecular complexity index is 1490. The molecule has 3 aliphatic heterocycles. The Balaban J connectivity index is 1.64. The summed E-state index contributed by atoms with van der Waals surface area (Å²) in [6.07, 6.45) is -0.387. The third-order valence-corrected chi connectivity index (χ3v) is 8.90. The van der Waals surface area contributed by atoms with Gasteiger partial charge in [-0.15, -0.1) is 23.1 Å². The fourth-order valence-electron chi connectivity index (χ4n) is 4.97. The maximum atomic E-state index is 15.1.